The minimum absolute atomic E-state index is 0.0580. The summed E-state index contributed by atoms with van der Waals surface area (Å²) in [4.78, 5) is 11.9. The molecular weight excluding hydrogens is 352 g/mol. The Morgan fingerprint density at radius 3 is 2.59 bits per heavy atom. The zero-order chi connectivity index (χ0) is 16.3. The van der Waals surface area contributed by atoms with Gasteiger partial charge in [0.2, 0.25) is 0 Å². The number of halogens is 1. The first-order valence-corrected chi connectivity index (χ1v) is 8.23. The maximum absolute atomic E-state index is 11.9. The van der Waals surface area contributed by atoms with Gasteiger partial charge in [-0.2, -0.15) is 0 Å². The van der Waals surface area contributed by atoms with Gasteiger partial charge in [0.1, 0.15) is 0 Å². The number of carbonyl (C=O) groups excluding carboxylic acids is 1. The molecule has 1 unspecified atom stereocenters. The van der Waals surface area contributed by atoms with Gasteiger partial charge in [-0.15, -0.1) is 0 Å². The molecule has 1 aromatic carbocycles. The number of benzene rings is 1. The lowest BCUT2D eigenvalue weighted by Gasteiger charge is -2.22. The summed E-state index contributed by atoms with van der Waals surface area (Å²) in [6, 6.07) is 1.71. The summed E-state index contributed by atoms with van der Waals surface area (Å²) in [6.07, 6.45) is -0.556. The highest BCUT2D eigenvalue weighted by molar-refractivity contribution is 9.10. The molecule has 1 N–H and O–H groups in total. The van der Waals surface area contributed by atoms with Crippen molar-refractivity contribution in [3.05, 3.63) is 21.7 Å². The van der Waals surface area contributed by atoms with Crippen LogP contribution in [0.25, 0.3) is 0 Å². The third kappa shape index (κ3) is 3.38. The van der Waals surface area contributed by atoms with E-state index in [4.69, 9.17) is 14.2 Å². The van der Waals surface area contributed by atoms with Crippen molar-refractivity contribution in [3.8, 4) is 11.5 Å². The van der Waals surface area contributed by atoms with Crippen LogP contribution >= 0.6 is 15.9 Å². The lowest BCUT2D eigenvalue weighted by atomic mass is 9.92. The fraction of sp³-hybridized carbons (Fsp3) is 0.562. The Morgan fingerprint density at radius 1 is 1.36 bits per heavy atom. The molecule has 2 rings (SSSR count). The van der Waals surface area contributed by atoms with Crippen LogP contribution in [0.5, 0.6) is 11.5 Å². The first-order valence-electron chi connectivity index (χ1n) is 7.43. The Hall–Kier alpha value is -1.27. The van der Waals surface area contributed by atoms with E-state index < -0.39 is 12.1 Å². The molecule has 0 amide bonds. The minimum Gasteiger partial charge on any atom is -0.489 e. The second-order valence-electron chi connectivity index (χ2n) is 5.38. The molecule has 1 aliphatic rings. The fourth-order valence-electron chi connectivity index (χ4n) is 2.50. The second-order valence-corrected chi connectivity index (χ2v) is 6.23. The summed E-state index contributed by atoms with van der Waals surface area (Å²) in [6.45, 7) is 7.01. The van der Waals surface area contributed by atoms with Crippen LogP contribution in [0.15, 0.2) is 10.5 Å². The van der Waals surface area contributed by atoms with Crippen molar-refractivity contribution in [2.45, 2.75) is 39.2 Å². The Bertz CT molecular complexity index is 556. The van der Waals surface area contributed by atoms with Crippen LogP contribution in [0.1, 0.15) is 50.3 Å². The van der Waals surface area contributed by atoms with Crippen LogP contribution in [-0.4, -0.2) is 30.9 Å². The van der Waals surface area contributed by atoms with Crippen LogP contribution in [0, 0.1) is 0 Å². The number of carbonyl (C=O) groups is 1. The summed E-state index contributed by atoms with van der Waals surface area (Å²) in [5, 5.41) is 10.4. The van der Waals surface area contributed by atoms with Crippen LogP contribution in [0.4, 0.5) is 0 Å². The summed E-state index contributed by atoms with van der Waals surface area (Å²) in [5.74, 6) is 0.620. The molecule has 0 bridgehead atoms. The van der Waals surface area contributed by atoms with Crippen LogP contribution in [0.2, 0.25) is 0 Å². The molecule has 0 spiro atoms. The monoisotopic (exact) mass is 372 g/mol. The first kappa shape index (κ1) is 17.1. The van der Waals surface area contributed by atoms with E-state index >= 15 is 0 Å². The number of rotatable bonds is 4. The van der Waals surface area contributed by atoms with E-state index in [-0.39, 0.29) is 12.5 Å². The number of aliphatic hydroxyl groups excluding tert-OH is 1. The predicted octanol–water partition coefficient (Wildman–Crippen LogP) is 3.33. The van der Waals surface area contributed by atoms with Crippen molar-refractivity contribution >= 4 is 21.9 Å². The van der Waals surface area contributed by atoms with Gasteiger partial charge in [0.05, 0.1) is 24.3 Å². The topological polar surface area (TPSA) is 65.0 Å². The number of esters is 1. The Balaban J connectivity index is 2.56. The predicted molar refractivity (Wildman–Crippen MR) is 85.4 cm³/mol. The van der Waals surface area contributed by atoms with E-state index in [2.05, 4.69) is 15.9 Å². The normalized spacial score (nSPS) is 15.4. The quantitative estimate of drug-likeness (QED) is 0.821. The van der Waals surface area contributed by atoms with E-state index in [0.717, 1.165) is 12.0 Å². The van der Waals surface area contributed by atoms with Crippen molar-refractivity contribution < 1.29 is 24.1 Å². The smallest absolute Gasteiger partial charge is 0.339 e. The van der Waals surface area contributed by atoms with Crippen LogP contribution < -0.4 is 9.47 Å². The molecule has 1 heterocycles. The molecule has 0 saturated carbocycles. The van der Waals surface area contributed by atoms with Gasteiger partial charge in [-0.1, -0.05) is 13.8 Å². The molecule has 0 radical (unpaired) electrons. The lowest BCUT2D eigenvalue weighted by Crippen LogP contribution is -2.18. The van der Waals surface area contributed by atoms with Gasteiger partial charge in [-0.05, 0) is 34.8 Å². The fourth-order valence-corrected chi connectivity index (χ4v) is 3.04. The number of hydrogen-bond donors (Lipinski definition) is 1. The summed E-state index contributed by atoms with van der Waals surface area (Å²) in [5.41, 5.74) is 1.27. The third-order valence-electron chi connectivity index (χ3n) is 3.42. The molecule has 1 aliphatic heterocycles. The molecule has 0 fully saturated rings. The van der Waals surface area contributed by atoms with Crippen molar-refractivity contribution in [2.75, 3.05) is 19.8 Å². The van der Waals surface area contributed by atoms with Gasteiger partial charge in [0.15, 0.2) is 17.6 Å². The SMILES string of the molecule is CCOC(=O)C(O)c1cc(Br)c2c(c1C(C)C)OCCCO2. The van der Waals surface area contributed by atoms with E-state index in [1.807, 2.05) is 13.8 Å². The molecule has 6 heteroatoms. The van der Waals surface area contributed by atoms with Gasteiger partial charge in [-0.3, -0.25) is 0 Å². The maximum Gasteiger partial charge on any atom is 0.339 e. The summed E-state index contributed by atoms with van der Waals surface area (Å²) < 4.78 is 17.2. The average molecular weight is 373 g/mol. The molecule has 5 nitrogen and oxygen atoms in total. The Morgan fingerprint density at radius 2 is 2.00 bits per heavy atom. The number of fused-ring (bicyclic) bond motifs is 1. The molecule has 122 valence electrons. The average Bonchev–Trinajstić information content (AvgIpc) is 2.72. The van der Waals surface area contributed by atoms with Gasteiger partial charge in [0, 0.05) is 17.5 Å². The number of ether oxygens (including phenoxy) is 3. The van der Waals surface area contributed by atoms with E-state index in [9.17, 15) is 9.90 Å². The highest BCUT2D eigenvalue weighted by Gasteiger charge is 2.30. The maximum atomic E-state index is 11.9. The van der Waals surface area contributed by atoms with Crippen molar-refractivity contribution in [1.82, 2.24) is 0 Å². The van der Waals surface area contributed by atoms with Gasteiger partial charge in [0.25, 0.3) is 0 Å². The Labute approximate surface area is 138 Å². The van der Waals surface area contributed by atoms with Gasteiger partial charge < -0.3 is 19.3 Å². The highest BCUT2D eigenvalue weighted by Crippen LogP contribution is 2.46. The second kappa shape index (κ2) is 7.33. The van der Waals surface area contributed by atoms with Crippen molar-refractivity contribution in [2.24, 2.45) is 0 Å². The molecular formula is C16H21BrO5. The molecule has 1 atom stereocenters. The molecule has 0 aliphatic carbocycles. The largest absolute Gasteiger partial charge is 0.489 e. The number of aliphatic hydroxyl groups is 1. The molecule has 0 aromatic heterocycles. The molecule has 0 saturated heterocycles. The van der Waals surface area contributed by atoms with Gasteiger partial charge in [-0.25, -0.2) is 4.79 Å². The van der Waals surface area contributed by atoms with E-state index in [1.54, 1.807) is 13.0 Å². The third-order valence-corrected chi connectivity index (χ3v) is 4.01. The Kier molecular flexibility index (Phi) is 5.69. The van der Waals surface area contributed by atoms with Crippen molar-refractivity contribution in [3.63, 3.8) is 0 Å². The van der Waals surface area contributed by atoms with E-state index in [1.165, 1.54) is 0 Å². The zero-order valence-corrected chi connectivity index (χ0v) is 14.6. The zero-order valence-electron chi connectivity index (χ0n) is 13.0. The van der Waals surface area contributed by atoms with Gasteiger partial charge >= 0.3 is 5.97 Å². The lowest BCUT2D eigenvalue weighted by molar-refractivity contribution is -0.153. The first-order chi connectivity index (χ1) is 10.5. The van der Waals surface area contributed by atoms with Crippen molar-refractivity contribution in [1.29, 1.82) is 0 Å². The number of hydrogen-bond acceptors (Lipinski definition) is 5. The van der Waals surface area contributed by atoms with Crippen LogP contribution in [0.3, 0.4) is 0 Å². The van der Waals surface area contributed by atoms with E-state index in [0.29, 0.717) is 34.7 Å². The summed E-state index contributed by atoms with van der Waals surface area (Å²) >= 11 is 3.44. The molecule has 22 heavy (non-hydrogen) atoms. The highest BCUT2D eigenvalue weighted by atomic mass is 79.9. The van der Waals surface area contributed by atoms with Crippen LogP contribution in [-0.2, 0) is 9.53 Å². The molecule has 1 aromatic rings. The summed E-state index contributed by atoms with van der Waals surface area (Å²) in [7, 11) is 0. The minimum atomic E-state index is -1.34. The standard InChI is InChI=1S/C16H21BrO5/c1-4-20-16(19)13(18)10-8-11(17)14-15(12(10)9(2)3)22-7-5-6-21-14/h8-9,13,18H,4-7H2,1-3H3.